The van der Waals surface area contributed by atoms with E-state index < -0.39 is 45.5 Å². The van der Waals surface area contributed by atoms with Crippen LogP contribution >= 0.6 is 23.2 Å². The Kier molecular flexibility index (Phi) is 11.7. The first kappa shape index (κ1) is 38.3. The third-order valence-electron chi connectivity index (χ3n) is 9.84. The van der Waals surface area contributed by atoms with Gasteiger partial charge in [0, 0.05) is 37.8 Å². The maximum atomic E-state index is 14.2. The molecule has 3 aliphatic heterocycles. The van der Waals surface area contributed by atoms with Gasteiger partial charge in [0.25, 0.3) is 0 Å². The Bertz CT molecular complexity index is 1860. The number of carbonyl (C=O) groups excluding carboxylic acids is 2. The minimum atomic E-state index is -4.14. The molecule has 2 unspecified atom stereocenters. The van der Waals surface area contributed by atoms with E-state index in [1.54, 1.807) is 24.3 Å². The molecule has 0 saturated carbocycles. The SMILES string of the molecule is CC(C)(C)OC(=O)N[C@@H]1C[C@H]2[C@H]3OC3N([C@H](CS(=O)(=O)c3ccccc3O)C(=O)NCc3ccc(Cl)c(Cl)c3)CCC(CCc3ccccc3)N2C1. The van der Waals surface area contributed by atoms with Gasteiger partial charge in [-0.25, -0.2) is 13.2 Å². The van der Waals surface area contributed by atoms with E-state index >= 15 is 0 Å². The van der Waals surface area contributed by atoms with Crippen LogP contribution in [-0.2, 0) is 37.1 Å². The number of hydrogen-bond acceptors (Lipinski definition) is 9. The van der Waals surface area contributed by atoms with E-state index in [-0.39, 0.29) is 41.4 Å². The summed E-state index contributed by atoms with van der Waals surface area (Å²) in [6.45, 7) is 6.57. The van der Waals surface area contributed by atoms with Crippen LogP contribution in [0.3, 0.4) is 0 Å². The third-order valence-corrected chi connectivity index (χ3v) is 12.4. The monoisotopic (exact) mass is 772 g/mol. The minimum Gasteiger partial charge on any atom is -0.507 e. The molecule has 2 amide bonds. The first-order valence-corrected chi connectivity index (χ1v) is 20.0. The Morgan fingerprint density at radius 2 is 1.75 bits per heavy atom. The zero-order valence-corrected chi connectivity index (χ0v) is 31.8. The quantitative estimate of drug-likeness (QED) is 0.214. The maximum Gasteiger partial charge on any atom is 0.407 e. The summed E-state index contributed by atoms with van der Waals surface area (Å²) in [7, 11) is -4.14. The topological polar surface area (TPSA) is 141 Å². The number of para-hydroxylation sites is 1. The van der Waals surface area contributed by atoms with Gasteiger partial charge in [0.1, 0.15) is 34.6 Å². The Morgan fingerprint density at radius 3 is 2.46 bits per heavy atom. The van der Waals surface area contributed by atoms with Crippen LogP contribution in [0, 0.1) is 0 Å². The Balaban J connectivity index is 1.27. The number of hydrogen-bond donors (Lipinski definition) is 3. The molecule has 14 heteroatoms. The summed E-state index contributed by atoms with van der Waals surface area (Å²) in [6, 6.07) is 19.7. The summed E-state index contributed by atoms with van der Waals surface area (Å²) in [6.07, 6.45) is 1.56. The Labute approximate surface area is 315 Å². The average molecular weight is 774 g/mol. The molecule has 0 aromatic heterocycles. The molecule has 6 atom stereocenters. The van der Waals surface area contributed by atoms with Crippen LogP contribution in [0.4, 0.5) is 4.79 Å². The highest BCUT2D eigenvalue weighted by atomic mass is 35.5. The number of benzene rings is 3. The number of nitrogens with one attached hydrogen (secondary N) is 2. The lowest BCUT2D eigenvalue weighted by Gasteiger charge is -2.38. The highest BCUT2D eigenvalue weighted by molar-refractivity contribution is 7.91. The lowest BCUT2D eigenvalue weighted by atomic mass is 9.97. The van der Waals surface area contributed by atoms with E-state index in [4.69, 9.17) is 32.7 Å². The van der Waals surface area contributed by atoms with E-state index in [1.807, 2.05) is 43.9 Å². The van der Waals surface area contributed by atoms with E-state index in [9.17, 15) is 23.1 Å². The standard InChI is InChI=1S/C38H46Cl2N4O7S/c1-38(2,3)51-37(47)42-26-20-30-34-36(50-34)43(18-17-27(44(30)22-26)15-13-24-9-5-4-6-10-24)31(23-52(48,49)33-12-8-7-11-32(33)45)35(46)41-21-25-14-16-28(39)29(40)19-25/h4-12,14,16,19,26-27,30-31,34,36,45H,13,15,17-18,20-23H2,1-3H3,(H,41,46)(H,42,47)/t26-,27?,30+,31-,34-,36?/m1/s1. The van der Waals surface area contributed by atoms with Crippen molar-refractivity contribution in [3.05, 3.63) is 94.0 Å². The molecular formula is C38H46Cl2N4O7S. The van der Waals surface area contributed by atoms with Crippen LogP contribution in [0.5, 0.6) is 5.75 Å². The minimum absolute atomic E-state index is 0.0537. The summed E-state index contributed by atoms with van der Waals surface area (Å²) in [4.78, 5) is 31.0. The summed E-state index contributed by atoms with van der Waals surface area (Å²) in [5.74, 6) is -1.44. The molecule has 0 bridgehead atoms. The molecule has 3 fully saturated rings. The van der Waals surface area contributed by atoms with Gasteiger partial charge in [-0.1, -0.05) is 71.7 Å². The lowest BCUT2D eigenvalue weighted by molar-refractivity contribution is -0.127. The number of sulfone groups is 1. The van der Waals surface area contributed by atoms with Gasteiger partial charge in [0.15, 0.2) is 9.84 Å². The zero-order valence-electron chi connectivity index (χ0n) is 29.5. The number of rotatable bonds is 11. The van der Waals surface area contributed by atoms with E-state index in [1.165, 1.54) is 23.8 Å². The molecule has 3 aliphatic rings. The van der Waals surface area contributed by atoms with E-state index in [0.717, 1.165) is 12.8 Å². The van der Waals surface area contributed by atoms with Crippen molar-refractivity contribution in [1.29, 1.82) is 0 Å². The molecule has 0 aliphatic carbocycles. The van der Waals surface area contributed by atoms with Crippen LogP contribution in [0.1, 0.15) is 51.2 Å². The number of phenolic OH excluding ortho intramolecular Hbond substituents is 1. The first-order chi connectivity index (χ1) is 24.7. The van der Waals surface area contributed by atoms with E-state index in [2.05, 4.69) is 27.7 Å². The summed E-state index contributed by atoms with van der Waals surface area (Å²) < 4.78 is 39.7. The van der Waals surface area contributed by atoms with Gasteiger partial charge < -0.3 is 25.2 Å². The van der Waals surface area contributed by atoms with Gasteiger partial charge in [0.2, 0.25) is 5.91 Å². The van der Waals surface area contributed by atoms with Crippen LogP contribution < -0.4 is 10.6 Å². The maximum absolute atomic E-state index is 14.2. The van der Waals surface area contributed by atoms with Gasteiger partial charge in [-0.05, 0) is 81.8 Å². The third kappa shape index (κ3) is 9.39. The number of fused-ring (bicyclic) bond motifs is 3. The molecule has 0 radical (unpaired) electrons. The van der Waals surface area contributed by atoms with Gasteiger partial charge >= 0.3 is 6.09 Å². The highest BCUT2D eigenvalue weighted by Crippen LogP contribution is 2.42. The largest absolute Gasteiger partial charge is 0.507 e. The Morgan fingerprint density at radius 1 is 1.02 bits per heavy atom. The highest BCUT2D eigenvalue weighted by Gasteiger charge is 2.58. The molecule has 0 spiro atoms. The second kappa shape index (κ2) is 15.9. The smallest absolute Gasteiger partial charge is 0.407 e. The molecule has 280 valence electrons. The normalized spacial score (nSPS) is 24.1. The van der Waals surface area contributed by atoms with Gasteiger partial charge in [-0.2, -0.15) is 0 Å². The number of epoxide rings is 1. The van der Waals surface area contributed by atoms with Crippen molar-refractivity contribution in [3.8, 4) is 5.75 Å². The molecule has 3 aromatic carbocycles. The van der Waals surface area contributed by atoms with Gasteiger partial charge in [-0.3, -0.25) is 14.6 Å². The zero-order chi connectivity index (χ0) is 37.2. The number of phenols is 1. The number of halogens is 2. The van der Waals surface area contributed by atoms with E-state index in [0.29, 0.717) is 41.5 Å². The van der Waals surface area contributed by atoms with Crippen molar-refractivity contribution in [3.63, 3.8) is 0 Å². The number of aromatic hydroxyl groups is 1. The van der Waals surface area contributed by atoms with Crippen molar-refractivity contribution < 1.29 is 32.6 Å². The molecule has 3 aromatic rings. The lowest BCUT2D eigenvalue weighted by Crippen LogP contribution is -2.56. The van der Waals surface area contributed by atoms with Crippen LogP contribution in [-0.4, -0.2) is 96.3 Å². The van der Waals surface area contributed by atoms with Crippen LogP contribution in [0.15, 0.2) is 77.7 Å². The van der Waals surface area contributed by atoms with Crippen LogP contribution in [0.2, 0.25) is 10.0 Å². The molecule has 11 nitrogen and oxygen atoms in total. The fourth-order valence-corrected chi connectivity index (χ4v) is 9.32. The van der Waals surface area contributed by atoms with Crippen molar-refractivity contribution in [2.24, 2.45) is 0 Å². The summed E-state index contributed by atoms with van der Waals surface area (Å²) in [5, 5.41) is 17.2. The fraction of sp³-hybridized carbons (Fsp3) is 0.474. The summed E-state index contributed by atoms with van der Waals surface area (Å²) >= 11 is 12.3. The van der Waals surface area contributed by atoms with Crippen molar-refractivity contribution in [2.75, 3.05) is 18.8 Å². The van der Waals surface area contributed by atoms with Gasteiger partial charge in [-0.15, -0.1) is 0 Å². The van der Waals surface area contributed by atoms with Crippen molar-refractivity contribution in [1.82, 2.24) is 20.4 Å². The number of ether oxygens (including phenoxy) is 2. The molecule has 52 heavy (non-hydrogen) atoms. The molecule has 3 heterocycles. The predicted molar refractivity (Wildman–Crippen MR) is 199 cm³/mol. The number of amides is 2. The molecule has 3 saturated heterocycles. The summed E-state index contributed by atoms with van der Waals surface area (Å²) in [5.41, 5.74) is 1.26. The fourth-order valence-electron chi connectivity index (χ4n) is 7.38. The van der Waals surface area contributed by atoms with Gasteiger partial charge in [0.05, 0.1) is 15.8 Å². The van der Waals surface area contributed by atoms with Crippen molar-refractivity contribution >= 4 is 45.0 Å². The Hall–Kier alpha value is -3.39. The molecule has 3 N–H and O–H groups in total. The number of alkyl carbamates (subject to hydrolysis) is 1. The van der Waals surface area contributed by atoms with Crippen LogP contribution in [0.25, 0.3) is 0 Å². The number of carbonyl (C=O) groups is 2. The second-order valence-corrected chi connectivity index (χ2v) is 17.6. The average Bonchev–Trinajstić information content (AvgIpc) is 3.75. The second-order valence-electron chi connectivity index (χ2n) is 14.8. The van der Waals surface area contributed by atoms with Crippen molar-refractivity contribution in [2.45, 2.75) is 100.0 Å². The first-order valence-electron chi connectivity index (χ1n) is 17.6. The predicted octanol–water partition coefficient (Wildman–Crippen LogP) is 5.56. The molecule has 6 rings (SSSR count). The number of aryl methyl sites for hydroxylation is 1. The number of nitrogens with zero attached hydrogens (tertiary/aromatic N) is 2. The molecular weight excluding hydrogens is 727 g/mol.